The molecule has 6 heteroatoms. The maximum atomic E-state index is 12.1. The zero-order valence-corrected chi connectivity index (χ0v) is 11.8. The van der Waals surface area contributed by atoms with Crippen molar-refractivity contribution in [3.05, 3.63) is 11.6 Å². The van der Waals surface area contributed by atoms with Crippen molar-refractivity contribution in [3.8, 4) is 0 Å². The Bertz CT molecular complexity index is 398. The molecule has 2 rings (SSSR count). The minimum Gasteiger partial charge on any atom is -0.313 e. The van der Waals surface area contributed by atoms with Crippen LogP contribution in [0.4, 0.5) is 0 Å². The van der Waals surface area contributed by atoms with Crippen molar-refractivity contribution in [1.82, 2.24) is 14.3 Å². The molecular weight excluding hydrogens is 250 g/mol. The zero-order valence-electron chi connectivity index (χ0n) is 11.0. The summed E-state index contributed by atoms with van der Waals surface area (Å²) in [5.41, 5.74) is 1.18. The minimum atomic E-state index is -3.28. The monoisotopic (exact) mass is 273 g/mol. The Morgan fingerprint density at radius 3 is 2.78 bits per heavy atom. The van der Waals surface area contributed by atoms with Crippen molar-refractivity contribution in [2.75, 3.05) is 32.7 Å². The third-order valence-electron chi connectivity index (χ3n) is 3.72. The molecule has 104 valence electrons. The lowest BCUT2D eigenvalue weighted by molar-refractivity contribution is 0.285. The van der Waals surface area contributed by atoms with E-state index in [1.54, 1.807) is 4.31 Å². The summed E-state index contributed by atoms with van der Waals surface area (Å²) < 4.78 is 28.5. The molecule has 0 unspecified atom stereocenters. The van der Waals surface area contributed by atoms with Crippen molar-refractivity contribution in [2.45, 2.75) is 26.2 Å². The fraction of sp³-hybridized carbons (Fsp3) is 0.833. The topological polar surface area (TPSA) is 61.4 Å². The molecule has 0 aliphatic carbocycles. The molecule has 0 atom stereocenters. The highest BCUT2D eigenvalue weighted by molar-refractivity contribution is 7.87. The molecular formula is C12H23N3O2S. The molecule has 0 bridgehead atoms. The van der Waals surface area contributed by atoms with E-state index >= 15 is 0 Å². The van der Waals surface area contributed by atoms with Gasteiger partial charge >= 0.3 is 0 Å². The second-order valence-corrected chi connectivity index (χ2v) is 6.98. The van der Waals surface area contributed by atoms with Crippen LogP contribution in [0.5, 0.6) is 0 Å². The molecule has 1 saturated heterocycles. The van der Waals surface area contributed by atoms with Crippen LogP contribution in [-0.4, -0.2) is 45.4 Å². The summed E-state index contributed by atoms with van der Waals surface area (Å²) in [6.07, 6.45) is 4.94. The van der Waals surface area contributed by atoms with Gasteiger partial charge in [0.2, 0.25) is 0 Å². The smallest absolute Gasteiger partial charge is 0.279 e. The molecule has 0 aromatic heterocycles. The van der Waals surface area contributed by atoms with Gasteiger partial charge in [0.25, 0.3) is 10.2 Å². The van der Waals surface area contributed by atoms with Gasteiger partial charge in [0.15, 0.2) is 0 Å². The van der Waals surface area contributed by atoms with Crippen LogP contribution >= 0.6 is 0 Å². The Kier molecular flexibility index (Phi) is 4.77. The first-order valence-corrected chi connectivity index (χ1v) is 8.15. The molecule has 18 heavy (non-hydrogen) atoms. The van der Waals surface area contributed by atoms with Gasteiger partial charge in [0.05, 0.1) is 0 Å². The molecule has 5 nitrogen and oxygen atoms in total. The van der Waals surface area contributed by atoms with Gasteiger partial charge in [0.1, 0.15) is 0 Å². The van der Waals surface area contributed by atoms with Gasteiger partial charge in [-0.2, -0.15) is 17.4 Å². The average molecular weight is 273 g/mol. The Morgan fingerprint density at radius 1 is 1.44 bits per heavy atom. The zero-order chi connectivity index (χ0) is 13.0. The Labute approximate surface area is 110 Å². The van der Waals surface area contributed by atoms with E-state index in [1.165, 1.54) is 5.57 Å². The Hall–Kier alpha value is -0.430. The van der Waals surface area contributed by atoms with Crippen molar-refractivity contribution in [2.24, 2.45) is 5.92 Å². The molecule has 0 amide bonds. The molecule has 2 aliphatic heterocycles. The van der Waals surface area contributed by atoms with E-state index in [2.05, 4.69) is 23.0 Å². The van der Waals surface area contributed by atoms with E-state index in [1.807, 2.05) is 0 Å². The number of hydrogen-bond donors (Lipinski definition) is 2. The van der Waals surface area contributed by atoms with E-state index in [-0.39, 0.29) is 0 Å². The molecule has 0 aromatic carbocycles. The van der Waals surface area contributed by atoms with Gasteiger partial charge in [-0.1, -0.05) is 18.6 Å². The lowest BCUT2D eigenvalue weighted by Crippen LogP contribution is -2.45. The molecule has 0 radical (unpaired) electrons. The Morgan fingerprint density at radius 2 is 2.17 bits per heavy atom. The molecule has 0 saturated carbocycles. The van der Waals surface area contributed by atoms with E-state index in [0.717, 1.165) is 32.4 Å². The maximum Gasteiger partial charge on any atom is 0.279 e. The first kappa shape index (κ1) is 14.0. The maximum absolute atomic E-state index is 12.1. The third-order valence-corrected chi connectivity index (χ3v) is 5.28. The van der Waals surface area contributed by atoms with Crippen LogP contribution in [0.2, 0.25) is 0 Å². The van der Waals surface area contributed by atoms with E-state index in [4.69, 9.17) is 0 Å². The van der Waals surface area contributed by atoms with E-state index in [9.17, 15) is 8.42 Å². The predicted molar refractivity (Wildman–Crippen MR) is 72.5 cm³/mol. The van der Waals surface area contributed by atoms with Crippen LogP contribution in [0.3, 0.4) is 0 Å². The van der Waals surface area contributed by atoms with Gasteiger partial charge < -0.3 is 5.32 Å². The molecule has 0 spiro atoms. The average Bonchev–Trinajstić information content (AvgIpc) is 2.38. The number of piperidine rings is 1. The first-order chi connectivity index (χ1) is 8.58. The summed E-state index contributed by atoms with van der Waals surface area (Å²) in [7, 11) is -3.28. The number of hydrogen-bond acceptors (Lipinski definition) is 3. The molecule has 2 N–H and O–H groups in total. The quantitative estimate of drug-likeness (QED) is 0.732. The SMILES string of the molecule is CC1CCN(S(=O)(=O)NCC2=CCNCC2)CC1. The molecule has 2 aliphatic rings. The number of rotatable bonds is 4. The van der Waals surface area contributed by atoms with Crippen LogP contribution in [0.15, 0.2) is 11.6 Å². The fourth-order valence-corrected chi connectivity index (χ4v) is 3.57. The van der Waals surface area contributed by atoms with Gasteiger partial charge in [-0.25, -0.2) is 0 Å². The van der Waals surface area contributed by atoms with Crippen molar-refractivity contribution >= 4 is 10.2 Å². The van der Waals surface area contributed by atoms with Gasteiger partial charge in [-0.15, -0.1) is 0 Å². The molecule has 1 fully saturated rings. The van der Waals surface area contributed by atoms with Crippen LogP contribution in [-0.2, 0) is 10.2 Å². The van der Waals surface area contributed by atoms with Gasteiger partial charge in [-0.05, 0) is 31.7 Å². The molecule has 0 aromatic rings. The standard InChI is InChI=1S/C12H23N3O2S/c1-11-4-8-15(9-5-11)18(16,17)14-10-12-2-6-13-7-3-12/h2,11,13-14H,3-10H2,1H3. The van der Waals surface area contributed by atoms with E-state index in [0.29, 0.717) is 25.6 Å². The summed E-state index contributed by atoms with van der Waals surface area (Å²) >= 11 is 0. The van der Waals surface area contributed by atoms with Crippen molar-refractivity contribution in [3.63, 3.8) is 0 Å². The van der Waals surface area contributed by atoms with Crippen LogP contribution < -0.4 is 10.0 Å². The third kappa shape index (κ3) is 3.78. The normalized spacial score (nSPS) is 23.9. The van der Waals surface area contributed by atoms with Crippen LogP contribution in [0.25, 0.3) is 0 Å². The van der Waals surface area contributed by atoms with Crippen molar-refractivity contribution < 1.29 is 8.42 Å². The summed E-state index contributed by atoms with van der Waals surface area (Å²) in [5.74, 6) is 0.642. The highest BCUT2D eigenvalue weighted by atomic mass is 32.2. The largest absolute Gasteiger partial charge is 0.313 e. The predicted octanol–water partition coefficient (Wildman–Crippen LogP) is 0.472. The number of nitrogens with one attached hydrogen (secondary N) is 2. The summed E-state index contributed by atoms with van der Waals surface area (Å²) in [6, 6.07) is 0. The lowest BCUT2D eigenvalue weighted by atomic mass is 10.0. The molecule has 2 heterocycles. The fourth-order valence-electron chi connectivity index (χ4n) is 2.33. The van der Waals surface area contributed by atoms with E-state index < -0.39 is 10.2 Å². The van der Waals surface area contributed by atoms with Gasteiger partial charge in [-0.3, -0.25) is 0 Å². The van der Waals surface area contributed by atoms with Crippen molar-refractivity contribution in [1.29, 1.82) is 0 Å². The van der Waals surface area contributed by atoms with Gasteiger partial charge in [0, 0.05) is 26.2 Å². The summed E-state index contributed by atoms with van der Waals surface area (Å²) in [5, 5.41) is 3.22. The summed E-state index contributed by atoms with van der Waals surface area (Å²) in [6.45, 7) is 5.72. The second-order valence-electron chi connectivity index (χ2n) is 5.22. The highest BCUT2D eigenvalue weighted by Crippen LogP contribution is 2.18. The summed E-state index contributed by atoms with van der Waals surface area (Å²) in [4.78, 5) is 0. The lowest BCUT2D eigenvalue weighted by Gasteiger charge is -2.29. The highest BCUT2D eigenvalue weighted by Gasteiger charge is 2.26. The number of nitrogens with zero attached hydrogens (tertiary/aromatic N) is 1. The first-order valence-electron chi connectivity index (χ1n) is 6.71. The minimum absolute atomic E-state index is 0.454. The van der Waals surface area contributed by atoms with Crippen LogP contribution in [0, 0.1) is 5.92 Å². The Balaban J connectivity index is 1.85. The second kappa shape index (κ2) is 6.14. The van der Waals surface area contributed by atoms with Crippen LogP contribution in [0.1, 0.15) is 26.2 Å².